The Hall–Kier alpha value is -3.02. The van der Waals surface area contributed by atoms with E-state index in [0.717, 1.165) is 23.2 Å². The van der Waals surface area contributed by atoms with Crippen LogP contribution in [0.15, 0.2) is 54.6 Å². The van der Waals surface area contributed by atoms with Gasteiger partial charge in [0.15, 0.2) is 0 Å². The summed E-state index contributed by atoms with van der Waals surface area (Å²) in [7, 11) is 0. The van der Waals surface area contributed by atoms with Gasteiger partial charge in [0.05, 0.1) is 12.2 Å². The van der Waals surface area contributed by atoms with Crippen molar-refractivity contribution in [2.75, 3.05) is 24.6 Å². The monoisotopic (exact) mass is 396 g/mol. The van der Waals surface area contributed by atoms with Crippen LogP contribution in [-0.4, -0.2) is 42.4 Å². The maximum atomic E-state index is 12.6. The average Bonchev–Trinajstić information content (AvgIpc) is 3.11. The predicted molar refractivity (Wildman–Crippen MR) is 112 cm³/mol. The molecule has 0 saturated heterocycles. The van der Waals surface area contributed by atoms with Crippen LogP contribution in [0, 0.1) is 0 Å². The van der Waals surface area contributed by atoms with E-state index in [4.69, 9.17) is 9.47 Å². The van der Waals surface area contributed by atoms with Gasteiger partial charge in [-0.2, -0.15) is 0 Å². The molecule has 1 aliphatic heterocycles. The number of hydrogen-bond acceptors (Lipinski definition) is 4. The second kappa shape index (κ2) is 8.99. The summed E-state index contributed by atoms with van der Waals surface area (Å²) in [5.74, 6) is 0. The van der Waals surface area contributed by atoms with Crippen LogP contribution in [-0.2, 0) is 22.4 Å². The largest absolute Gasteiger partial charge is 0.447 e. The van der Waals surface area contributed by atoms with Gasteiger partial charge < -0.3 is 14.4 Å². The van der Waals surface area contributed by atoms with Crippen LogP contribution in [0.1, 0.15) is 31.9 Å². The first-order valence-corrected chi connectivity index (χ1v) is 9.87. The molecule has 6 nitrogen and oxygen atoms in total. The molecule has 2 aromatic rings. The lowest BCUT2D eigenvalue weighted by Gasteiger charge is -2.27. The maximum Gasteiger partial charge on any atom is 0.414 e. The molecule has 0 saturated carbocycles. The predicted octanol–water partition coefficient (Wildman–Crippen LogP) is 4.62. The van der Waals surface area contributed by atoms with Gasteiger partial charge in [-0.15, -0.1) is 0 Å². The van der Waals surface area contributed by atoms with Crippen LogP contribution >= 0.6 is 0 Å². The molecule has 0 spiro atoms. The van der Waals surface area contributed by atoms with Crippen LogP contribution < -0.4 is 4.90 Å². The van der Waals surface area contributed by atoms with Crippen molar-refractivity contribution in [2.45, 2.75) is 39.3 Å². The zero-order chi connectivity index (χ0) is 20.9. The Morgan fingerprint density at radius 2 is 1.72 bits per heavy atom. The fourth-order valence-corrected chi connectivity index (χ4v) is 3.21. The third-order valence-electron chi connectivity index (χ3n) is 4.56. The van der Waals surface area contributed by atoms with Gasteiger partial charge in [0.1, 0.15) is 12.2 Å². The zero-order valence-electron chi connectivity index (χ0n) is 17.3. The molecule has 154 valence electrons. The number of carbonyl (C=O) groups is 2. The molecule has 1 heterocycles. The molecule has 0 N–H and O–H groups in total. The van der Waals surface area contributed by atoms with E-state index in [9.17, 15) is 9.59 Å². The Balaban J connectivity index is 1.59. The van der Waals surface area contributed by atoms with Gasteiger partial charge in [-0.3, -0.25) is 4.90 Å². The van der Waals surface area contributed by atoms with Gasteiger partial charge in [-0.25, -0.2) is 9.59 Å². The summed E-state index contributed by atoms with van der Waals surface area (Å²) in [6.45, 7) is 6.84. The molecule has 0 unspecified atom stereocenters. The fraction of sp³-hybridized carbons (Fsp3) is 0.391. The zero-order valence-corrected chi connectivity index (χ0v) is 17.3. The van der Waals surface area contributed by atoms with Crippen molar-refractivity contribution < 1.29 is 19.1 Å². The lowest BCUT2D eigenvalue weighted by molar-refractivity contribution is 0.0192. The van der Waals surface area contributed by atoms with E-state index in [1.54, 1.807) is 9.80 Å². The number of amides is 2. The van der Waals surface area contributed by atoms with Gasteiger partial charge in [-0.05, 0) is 44.4 Å². The van der Waals surface area contributed by atoms with Crippen LogP contribution in [0.4, 0.5) is 15.3 Å². The Morgan fingerprint density at radius 1 is 1.03 bits per heavy atom. The lowest BCUT2D eigenvalue weighted by Crippen LogP contribution is -2.39. The number of fused-ring (bicyclic) bond motifs is 1. The second-order valence-corrected chi connectivity index (χ2v) is 8.03. The minimum Gasteiger partial charge on any atom is -0.447 e. The molecule has 3 rings (SSSR count). The molecule has 0 aromatic heterocycles. The summed E-state index contributed by atoms with van der Waals surface area (Å²) in [6, 6.07) is 17.5. The molecule has 2 aromatic carbocycles. The number of carbonyl (C=O) groups excluding carboxylic acids is 2. The molecule has 2 amide bonds. The number of hydrogen-bond donors (Lipinski definition) is 0. The van der Waals surface area contributed by atoms with Crippen molar-refractivity contribution in [3.05, 3.63) is 65.7 Å². The number of rotatable bonds is 5. The molecule has 0 atom stereocenters. The quantitative estimate of drug-likeness (QED) is 0.740. The van der Waals surface area contributed by atoms with E-state index < -0.39 is 17.8 Å². The van der Waals surface area contributed by atoms with Crippen molar-refractivity contribution >= 4 is 17.9 Å². The molecule has 0 radical (unpaired) electrons. The highest BCUT2D eigenvalue weighted by Crippen LogP contribution is 2.27. The van der Waals surface area contributed by atoms with Crippen molar-refractivity contribution in [2.24, 2.45) is 0 Å². The van der Waals surface area contributed by atoms with Crippen molar-refractivity contribution in [3.8, 4) is 0 Å². The summed E-state index contributed by atoms with van der Waals surface area (Å²) in [4.78, 5) is 28.3. The third-order valence-corrected chi connectivity index (χ3v) is 4.56. The van der Waals surface area contributed by atoms with Crippen molar-refractivity contribution in [1.29, 1.82) is 0 Å². The van der Waals surface area contributed by atoms with Crippen molar-refractivity contribution in [1.82, 2.24) is 4.90 Å². The first-order chi connectivity index (χ1) is 13.8. The highest BCUT2D eigenvalue weighted by atomic mass is 16.6. The standard InChI is InChI=1S/C23H28N2O4/c1-23(2,3)29-21(26)24(17-18-9-5-4-6-10-18)15-16-28-22(27)25-14-13-19-11-7-8-12-20(19)25/h4-12H,13-17H2,1-3H3. The van der Waals surface area contributed by atoms with Crippen LogP contribution in [0.25, 0.3) is 0 Å². The Morgan fingerprint density at radius 3 is 2.45 bits per heavy atom. The summed E-state index contributed by atoms with van der Waals surface area (Å²) in [6.07, 6.45) is 0.00581. The van der Waals surface area contributed by atoms with E-state index in [-0.39, 0.29) is 13.2 Å². The normalized spacial score (nSPS) is 13.0. The van der Waals surface area contributed by atoms with E-state index >= 15 is 0 Å². The van der Waals surface area contributed by atoms with Crippen molar-refractivity contribution in [3.63, 3.8) is 0 Å². The van der Waals surface area contributed by atoms with E-state index in [1.807, 2.05) is 75.4 Å². The van der Waals surface area contributed by atoms with Gasteiger partial charge in [0.2, 0.25) is 0 Å². The Labute approximate surface area is 172 Å². The van der Waals surface area contributed by atoms with Gasteiger partial charge in [0, 0.05) is 13.1 Å². The molecule has 0 bridgehead atoms. The highest BCUT2D eigenvalue weighted by molar-refractivity contribution is 5.90. The summed E-state index contributed by atoms with van der Waals surface area (Å²) in [5, 5.41) is 0. The van der Waals surface area contributed by atoms with E-state index in [2.05, 4.69) is 0 Å². The summed E-state index contributed by atoms with van der Waals surface area (Å²) >= 11 is 0. The van der Waals surface area contributed by atoms with E-state index in [0.29, 0.717) is 13.1 Å². The number of ether oxygens (including phenoxy) is 2. The second-order valence-electron chi connectivity index (χ2n) is 8.03. The first-order valence-electron chi connectivity index (χ1n) is 9.87. The lowest BCUT2D eigenvalue weighted by atomic mass is 10.2. The topological polar surface area (TPSA) is 59.1 Å². The van der Waals surface area contributed by atoms with Gasteiger partial charge in [0.25, 0.3) is 0 Å². The Bertz CT molecular complexity index is 845. The minimum atomic E-state index is -0.595. The molecule has 29 heavy (non-hydrogen) atoms. The average molecular weight is 396 g/mol. The summed E-state index contributed by atoms with van der Waals surface area (Å²) in [5.41, 5.74) is 2.43. The van der Waals surface area contributed by atoms with Crippen LogP contribution in [0.2, 0.25) is 0 Å². The first kappa shape index (κ1) is 20.7. The minimum absolute atomic E-state index is 0.101. The smallest absolute Gasteiger partial charge is 0.414 e. The highest BCUT2D eigenvalue weighted by Gasteiger charge is 2.26. The molecule has 1 aliphatic rings. The molecule has 0 aliphatic carbocycles. The Kier molecular flexibility index (Phi) is 6.42. The summed E-state index contributed by atoms with van der Waals surface area (Å²) < 4.78 is 11.0. The number of benzene rings is 2. The SMILES string of the molecule is CC(C)(C)OC(=O)N(CCOC(=O)N1CCc2ccccc21)Cc1ccccc1. The molecule has 6 heteroatoms. The molecule has 0 fully saturated rings. The van der Waals surface area contributed by atoms with Crippen LogP contribution in [0.5, 0.6) is 0 Å². The molecular formula is C23H28N2O4. The van der Waals surface area contributed by atoms with Crippen LogP contribution in [0.3, 0.4) is 0 Å². The maximum absolute atomic E-state index is 12.6. The third kappa shape index (κ3) is 5.73. The fourth-order valence-electron chi connectivity index (χ4n) is 3.21. The molecular weight excluding hydrogens is 368 g/mol. The van der Waals surface area contributed by atoms with E-state index in [1.165, 1.54) is 0 Å². The number of anilines is 1. The van der Waals surface area contributed by atoms with Gasteiger partial charge >= 0.3 is 12.2 Å². The number of nitrogens with zero attached hydrogens (tertiary/aromatic N) is 2. The number of para-hydroxylation sites is 1. The van der Waals surface area contributed by atoms with Gasteiger partial charge in [-0.1, -0.05) is 48.5 Å².